The molecule has 1 aromatic carbocycles. The summed E-state index contributed by atoms with van der Waals surface area (Å²) in [7, 11) is 1.65. The van der Waals surface area contributed by atoms with Crippen LogP contribution < -0.4 is 15.4 Å². The van der Waals surface area contributed by atoms with Crippen molar-refractivity contribution in [2.24, 2.45) is 11.8 Å². The zero-order valence-electron chi connectivity index (χ0n) is 16.4. The third-order valence-electron chi connectivity index (χ3n) is 5.23. The summed E-state index contributed by atoms with van der Waals surface area (Å²) in [5.41, 5.74) is 1.08. The number of nitrogens with zero attached hydrogens (tertiary/aromatic N) is 1. The summed E-state index contributed by atoms with van der Waals surface area (Å²) in [5, 5.41) is 9.59. The largest absolute Gasteiger partial charge is 0.496 e. The van der Waals surface area contributed by atoms with Crippen LogP contribution in [-0.4, -0.2) is 30.6 Å². The standard InChI is InChI=1S/C21H27N3O4/c1-14-13-19(24-28-14)23-21(26)17-9-7-16(8-10-17)20(25)22-12-11-15-5-3-4-6-18(15)27-2/h3-6,13,16-17H,7-12H2,1-2H3,(H,22,25)(H,23,24,26). The van der Waals surface area contributed by atoms with Gasteiger partial charge in [-0.25, -0.2) is 0 Å². The van der Waals surface area contributed by atoms with Gasteiger partial charge in [-0.15, -0.1) is 0 Å². The monoisotopic (exact) mass is 385 g/mol. The van der Waals surface area contributed by atoms with Gasteiger partial charge in [0, 0.05) is 24.4 Å². The first-order chi connectivity index (χ1) is 13.6. The molecule has 1 saturated carbocycles. The molecule has 1 aromatic heterocycles. The van der Waals surface area contributed by atoms with Gasteiger partial charge in [0.25, 0.3) is 0 Å². The van der Waals surface area contributed by atoms with Crippen molar-refractivity contribution in [2.75, 3.05) is 19.0 Å². The first-order valence-electron chi connectivity index (χ1n) is 9.70. The number of nitrogens with one attached hydrogen (secondary N) is 2. The third kappa shape index (κ3) is 5.12. The van der Waals surface area contributed by atoms with E-state index in [2.05, 4.69) is 15.8 Å². The predicted octanol–water partition coefficient (Wildman–Crippen LogP) is 3.10. The summed E-state index contributed by atoms with van der Waals surface area (Å²) >= 11 is 0. The normalized spacial score (nSPS) is 19.1. The van der Waals surface area contributed by atoms with E-state index < -0.39 is 0 Å². The van der Waals surface area contributed by atoms with Gasteiger partial charge in [0.15, 0.2) is 5.82 Å². The van der Waals surface area contributed by atoms with Gasteiger partial charge < -0.3 is 19.9 Å². The first-order valence-corrected chi connectivity index (χ1v) is 9.70. The van der Waals surface area contributed by atoms with Crippen LogP contribution in [0.3, 0.4) is 0 Å². The molecule has 0 aliphatic heterocycles. The van der Waals surface area contributed by atoms with Crippen LogP contribution in [0.4, 0.5) is 5.82 Å². The topological polar surface area (TPSA) is 93.5 Å². The quantitative estimate of drug-likeness (QED) is 0.764. The number of hydrogen-bond donors (Lipinski definition) is 2. The lowest BCUT2D eigenvalue weighted by molar-refractivity contribution is -0.128. The summed E-state index contributed by atoms with van der Waals surface area (Å²) in [6.45, 7) is 2.35. The van der Waals surface area contributed by atoms with Gasteiger partial charge in [-0.3, -0.25) is 9.59 Å². The van der Waals surface area contributed by atoms with Gasteiger partial charge >= 0.3 is 0 Å². The smallest absolute Gasteiger partial charge is 0.228 e. The number of methoxy groups -OCH3 is 1. The van der Waals surface area contributed by atoms with Gasteiger partial charge in [-0.2, -0.15) is 0 Å². The summed E-state index contributed by atoms with van der Waals surface area (Å²) in [6, 6.07) is 9.51. The Hall–Kier alpha value is -2.83. The molecule has 2 aromatic rings. The number of amides is 2. The maximum Gasteiger partial charge on any atom is 0.228 e. The highest BCUT2D eigenvalue weighted by atomic mass is 16.5. The van der Waals surface area contributed by atoms with E-state index in [1.165, 1.54) is 0 Å². The van der Waals surface area contributed by atoms with Crippen molar-refractivity contribution in [3.05, 3.63) is 41.7 Å². The lowest BCUT2D eigenvalue weighted by atomic mass is 9.81. The summed E-state index contributed by atoms with van der Waals surface area (Å²) in [4.78, 5) is 24.8. The SMILES string of the molecule is COc1ccccc1CCNC(=O)C1CCC(C(=O)Nc2cc(C)on2)CC1. The van der Waals surface area contributed by atoms with Crippen LogP contribution in [0.15, 0.2) is 34.9 Å². The average molecular weight is 385 g/mol. The Morgan fingerprint density at radius 1 is 1.14 bits per heavy atom. The highest BCUT2D eigenvalue weighted by Crippen LogP contribution is 2.30. The molecule has 28 heavy (non-hydrogen) atoms. The fourth-order valence-corrected chi connectivity index (χ4v) is 3.65. The zero-order chi connectivity index (χ0) is 19.9. The lowest BCUT2D eigenvalue weighted by Crippen LogP contribution is -2.36. The van der Waals surface area contributed by atoms with E-state index in [4.69, 9.17) is 9.26 Å². The van der Waals surface area contributed by atoms with Crippen LogP contribution in [0, 0.1) is 18.8 Å². The molecule has 1 aliphatic carbocycles. The Morgan fingerprint density at radius 2 is 1.82 bits per heavy atom. The number of rotatable bonds is 7. The van der Waals surface area contributed by atoms with E-state index in [1.807, 2.05) is 24.3 Å². The van der Waals surface area contributed by atoms with Crippen LogP contribution in [0.1, 0.15) is 37.0 Å². The van der Waals surface area contributed by atoms with Crippen molar-refractivity contribution in [1.82, 2.24) is 10.5 Å². The second-order valence-corrected chi connectivity index (χ2v) is 7.21. The van der Waals surface area contributed by atoms with Crippen LogP contribution in [0.2, 0.25) is 0 Å². The number of aryl methyl sites for hydroxylation is 1. The van der Waals surface area contributed by atoms with Gasteiger partial charge in [-0.05, 0) is 50.7 Å². The number of benzene rings is 1. The third-order valence-corrected chi connectivity index (χ3v) is 5.23. The van der Waals surface area contributed by atoms with Crippen LogP contribution in [0.5, 0.6) is 5.75 Å². The predicted molar refractivity (Wildman–Crippen MR) is 105 cm³/mol. The molecule has 0 atom stereocenters. The van der Waals surface area contributed by atoms with E-state index in [-0.39, 0.29) is 23.7 Å². The molecule has 7 heteroatoms. The molecule has 7 nitrogen and oxygen atoms in total. The number of carbonyl (C=O) groups excluding carboxylic acids is 2. The lowest BCUT2D eigenvalue weighted by Gasteiger charge is -2.26. The molecule has 150 valence electrons. The van der Waals surface area contributed by atoms with E-state index in [9.17, 15) is 9.59 Å². The molecule has 3 rings (SSSR count). The molecule has 0 bridgehead atoms. The molecule has 2 N–H and O–H groups in total. The minimum atomic E-state index is -0.0883. The molecule has 0 radical (unpaired) electrons. The Kier molecular flexibility index (Phi) is 6.68. The number of carbonyl (C=O) groups is 2. The maximum absolute atomic E-state index is 12.4. The highest BCUT2D eigenvalue weighted by Gasteiger charge is 2.30. The van der Waals surface area contributed by atoms with E-state index >= 15 is 0 Å². The Balaban J connectivity index is 1.40. The van der Waals surface area contributed by atoms with Crippen molar-refractivity contribution >= 4 is 17.6 Å². The van der Waals surface area contributed by atoms with Crippen LogP contribution in [-0.2, 0) is 16.0 Å². The van der Waals surface area contributed by atoms with Gasteiger partial charge in [0.1, 0.15) is 11.5 Å². The molecule has 0 unspecified atom stereocenters. The number of para-hydroxylation sites is 1. The van der Waals surface area contributed by atoms with E-state index in [0.717, 1.165) is 30.6 Å². The molecule has 1 heterocycles. The maximum atomic E-state index is 12.4. The Morgan fingerprint density at radius 3 is 2.46 bits per heavy atom. The molecule has 1 aliphatic rings. The summed E-state index contributed by atoms with van der Waals surface area (Å²) < 4.78 is 10.3. The summed E-state index contributed by atoms with van der Waals surface area (Å²) in [6.07, 6.45) is 3.57. The van der Waals surface area contributed by atoms with Crippen molar-refractivity contribution in [2.45, 2.75) is 39.0 Å². The number of ether oxygens (including phenoxy) is 1. The number of hydrogen-bond acceptors (Lipinski definition) is 5. The van der Waals surface area contributed by atoms with Gasteiger partial charge in [0.05, 0.1) is 7.11 Å². The Labute approximate surface area is 164 Å². The van der Waals surface area contributed by atoms with Crippen molar-refractivity contribution in [3.8, 4) is 5.75 Å². The molecule has 0 spiro atoms. The molecule has 0 saturated heterocycles. The second kappa shape index (κ2) is 9.39. The number of anilines is 1. The van der Waals surface area contributed by atoms with Crippen LogP contribution in [0.25, 0.3) is 0 Å². The molecule has 2 amide bonds. The van der Waals surface area contributed by atoms with Crippen molar-refractivity contribution < 1.29 is 18.8 Å². The van der Waals surface area contributed by atoms with E-state index in [0.29, 0.717) is 31.0 Å². The zero-order valence-corrected chi connectivity index (χ0v) is 16.4. The summed E-state index contributed by atoms with van der Waals surface area (Å²) in [5.74, 6) is 1.84. The van der Waals surface area contributed by atoms with Gasteiger partial charge in [-0.1, -0.05) is 23.4 Å². The van der Waals surface area contributed by atoms with E-state index in [1.54, 1.807) is 20.1 Å². The second-order valence-electron chi connectivity index (χ2n) is 7.21. The minimum absolute atomic E-state index is 0.0315. The fourth-order valence-electron chi connectivity index (χ4n) is 3.65. The molecule has 1 fully saturated rings. The fraction of sp³-hybridized carbons (Fsp3) is 0.476. The van der Waals surface area contributed by atoms with Crippen molar-refractivity contribution in [3.63, 3.8) is 0 Å². The first kappa shape index (κ1) is 19.9. The molecular formula is C21H27N3O4. The van der Waals surface area contributed by atoms with Gasteiger partial charge in [0.2, 0.25) is 11.8 Å². The average Bonchev–Trinajstić information content (AvgIpc) is 3.13. The van der Waals surface area contributed by atoms with Crippen LogP contribution >= 0.6 is 0 Å². The van der Waals surface area contributed by atoms with Crippen molar-refractivity contribution in [1.29, 1.82) is 0 Å². The Bertz CT molecular complexity index is 809. The number of aromatic nitrogens is 1. The highest BCUT2D eigenvalue weighted by molar-refractivity contribution is 5.91. The minimum Gasteiger partial charge on any atom is -0.496 e. The molecular weight excluding hydrogens is 358 g/mol.